The number of hydrogen-bond acceptors (Lipinski definition) is 5. The van der Waals surface area contributed by atoms with Crippen molar-refractivity contribution < 1.29 is 24.2 Å². The number of rotatable bonds is 7. The van der Waals surface area contributed by atoms with Gasteiger partial charge in [-0.3, -0.25) is 4.79 Å². The van der Waals surface area contributed by atoms with Crippen molar-refractivity contribution in [1.29, 1.82) is 0 Å². The first kappa shape index (κ1) is 17.9. The van der Waals surface area contributed by atoms with E-state index < -0.39 is 5.97 Å². The second kappa shape index (κ2) is 8.40. The van der Waals surface area contributed by atoms with Crippen LogP contribution in [0, 0.1) is 0 Å². The maximum atomic E-state index is 11.2. The normalized spacial score (nSPS) is 10.2. The summed E-state index contributed by atoms with van der Waals surface area (Å²) in [7, 11) is 1.61. The standard InChI is InChI=1S/C18H18O5S/c1-12(19)23-10-15-6-5-14(18(20)21)9-17(15)24-11-13-3-7-16(22-2)8-4-13/h3-9H,10-11H2,1-2H3,(H,20,21). The molecule has 5 nitrogen and oxygen atoms in total. The van der Waals surface area contributed by atoms with Crippen molar-refractivity contribution in [2.75, 3.05) is 7.11 Å². The SMILES string of the molecule is COc1ccc(CSc2cc(C(=O)O)ccc2COC(C)=O)cc1. The van der Waals surface area contributed by atoms with Gasteiger partial charge in [-0.05, 0) is 29.8 Å². The quantitative estimate of drug-likeness (QED) is 0.608. The van der Waals surface area contributed by atoms with Crippen molar-refractivity contribution in [3.8, 4) is 5.75 Å². The average Bonchev–Trinajstić information content (AvgIpc) is 2.58. The van der Waals surface area contributed by atoms with Crippen molar-refractivity contribution in [2.45, 2.75) is 24.2 Å². The number of carboxylic acids is 1. The van der Waals surface area contributed by atoms with E-state index in [0.717, 1.165) is 21.8 Å². The van der Waals surface area contributed by atoms with E-state index >= 15 is 0 Å². The molecule has 2 rings (SSSR count). The summed E-state index contributed by atoms with van der Waals surface area (Å²) in [5, 5.41) is 9.15. The van der Waals surface area contributed by atoms with Crippen LogP contribution < -0.4 is 4.74 Å². The molecule has 0 saturated heterocycles. The van der Waals surface area contributed by atoms with Crippen molar-refractivity contribution in [3.63, 3.8) is 0 Å². The summed E-state index contributed by atoms with van der Waals surface area (Å²) < 4.78 is 10.2. The van der Waals surface area contributed by atoms with Gasteiger partial charge in [-0.25, -0.2) is 4.79 Å². The Morgan fingerprint density at radius 2 is 1.83 bits per heavy atom. The van der Waals surface area contributed by atoms with Gasteiger partial charge in [0.15, 0.2) is 0 Å². The molecule has 0 spiro atoms. The molecule has 2 aromatic carbocycles. The molecule has 1 N–H and O–H groups in total. The molecule has 0 radical (unpaired) electrons. The Balaban J connectivity index is 2.16. The zero-order valence-electron chi connectivity index (χ0n) is 13.4. The zero-order valence-corrected chi connectivity index (χ0v) is 14.3. The van der Waals surface area contributed by atoms with Crippen LogP contribution in [0.15, 0.2) is 47.4 Å². The highest BCUT2D eigenvalue weighted by atomic mass is 32.2. The Morgan fingerprint density at radius 1 is 1.12 bits per heavy atom. The van der Waals surface area contributed by atoms with Crippen molar-refractivity contribution in [3.05, 3.63) is 59.2 Å². The second-order valence-corrected chi connectivity index (χ2v) is 6.06. The maximum Gasteiger partial charge on any atom is 0.335 e. The highest BCUT2D eigenvalue weighted by Gasteiger charge is 2.10. The number of carboxylic acid groups (broad SMARTS) is 1. The highest BCUT2D eigenvalue weighted by Crippen LogP contribution is 2.29. The van der Waals surface area contributed by atoms with E-state index in [9.17, 15) is 9.59 Å². The van der Waals surface area contributed by atoms with Crippen molar-refractivity contribution in [1.82, 2.24) is 0 Å². The van der Waals surface area contributed by atoms with Crippen LogP contribution in [0.5, 0.6) is 5.75 Å². The number of carbonyl (C=O) groups is 2. The molecule has 2 aromatic rings. The van der Waals surface area contributed by atoms with Gasteiger partial charge in [0.05, 0.1) is 12.7 Å². The summed E-state index contributed by atoms with van der Waals surface area (Å²) in [5.41, 5.74) is 2.08. The predicted molar refractivity (Wildman–Crippen MR) is 91.4 cm³/mol. The van der Waals surface area contributed by atoms with E-state index in [1.807, 2.05) is 24.3 Å². The third-order valence-electron chi connectivity index (χ3n) is 3.30. The van der Waals surface area contributed by atoms with Gasteiger partial charge in [-0.2, -0.15) is 0 Å². The Morgan fingerprint density at radius 3 is 2.42 bits per heavy atom. The summed E-state index contributed by atoms with van der Waals surface area (Å²) in [6.45, 7) is 1.47. The van der Waals surface area contributed by atoms with Gasteiger partial charge < -0.3 is 14.6 Å². The van der Waals surface area contributed by atoms with Gasteiger partial charge in [0.25, 0.3) is 0 Å². The lowest BCUT2D eigenvalue weighted by Gasteiger charge is -2.11. The molecule has 0 amide bonds. The fourth-order valence-corrected chi connectivity index (χ4v) is 3.04. The molecule has 0 fully saturated rings. The molecule has 0 saturated carbocycles. The summed E-state index contributed by atoms with van der Waals surface area (Å²) in [5.74, 6) is 0.0936. The maximum absolute atomic E-state index is 11.2. The fourth-order valence-electron chi connectivity index (χ4n) is 2.00. The number of benzene rings is 2. The molecule has 24 heavy (non-hydrogen) atoms. The molecule has 0 unspecified atom stereocenters. The lowest BCUT2D eigenvalue weighted by molar-refractivity contribution is -0.142. The Bertz CT molecular complexity index is 725. The smallest absolute Gasteiger partial charge is 0.335 e. The molecule has 126 valence electrons. The molecule has 0 aliphatic carbocycles. The molecule has 0 bridgehead atoms. The number of hydrogen-bond donors (Lipinski definition) is 1. The van der Waals surface area contributed by atoms with E-state index in [0.29, 0.717) is 5.75 Å². The number of aromatic carboxylic acids is 1. The fraction of sp³-hybridized carbons (Fsp3) is 0.222. The summed E-state index contributed by atoms with van der Waals surface area (Å²) in [6.07, 6.45) is 0. The monoisotopic (exact) mass is 346 g/mol. The third-order valence-corrected chi connectivity index (χ3v) is 4.47. The van der Waals surface area contributed by atoms with Gasteiger partial charge in [0.2, 0.25) is 0 Å². The number of ether oxygens (including phenoxy) is 2. The van der Waals surface area contributed by atoms with Gasteiger partial charge in [-0.15, -0.1) is 11.8 Å². The lowest BCUT2D eigenvalue weighted by atomic mass is 10.1. The first-order chi connectivity index (χ1) is 11.5. The Kier molecular flexibility index (Phi) is 6.26. The van der Waals surface area contributed by atoms with E-state index in [1.54, 1.807) is 19.2 Å². The van der Waals surface area contributed by atoms with Crippen LogP contribution in [0.2, 0.25) is 0 Å². The molecule has 0 atom stereocenters. The molecular formula is C18H18O5S. The zero-order chi connectivity index (χ0) is 17.5. The minimum Gasteiger partial charge on any atom is -0.497 e. The van der Waals surface area contributed by atoms with E-state index in [4.69, 9.17) is 14.6 Å². The number of thioether (sulfide) groups is 1. The molecule has 0 aromatic heterocycles. The lowest BCUT2D eigenvalue weighted by Crippen LogP contribution is -2.02. The Hall–Kier alpha value is -2.47. The van der Waals surface area contributed by atoms with Crippen LogP contribution in [-0.2, 0) is 21.9 Å². The van der Waals surface area contributed by atoms with Crippen molar-refractivity contribution in [2.24, 2.45) is 0 Å². The van der Waals surface area contributed by atoms with Gasteiger partial charge in [-0.1, -0.05) is 18.2 Å². The summed E-state index contributed by atoms with van der Waals surface area (Å²) >= 11 is 1.50. The number of esters is 1. The molecule has 6 heteroatoms. The van der Waals surface area contributed by atoms with Gasteiger partial charge in [0.1, 0.15) is 12.4 Å². The molecular weight excluding hydrogens is 328 g/mol. The predicted octanol–water partition coefficient (Wildman–Crippen LogP) is 3.75. The van der Waals surface area contributed by atoms with Crippen LogP contribution in [-0.4, -0.2) is 24.2 Å². The first-order valence-corrected chi connectivity index (χ1v) is 8.23. The first-order valence-electron chi connectivity index (χ1n) is 7.25. The molecule has 0 aliphatic heterocycles. The van der Waals surface area contributed by atoms with E-state index in [2.05, 4.69) is 0 Å². The van der Waals surface area contributed by atoms with Crippen LogP contribution in [0.25, 0.3) is 0 Å². The Labute approximate surface area is 144 Å². The van der Waals surface area contributed by atoms with Crippen LogP contribution >= 0.6 is 11.8 Å². The van der Waals surface area contributed by atoms with Gasteiger partial charge >= 0.3 is 11.9 Å². The summed E-state index contributed by atoms with van der Waals surface area (Å²) in [4.78, 5) is 23.0. The minimum absolute atomic E-state index is 0.125. The van der Waals surface area contributed by atoms with Gasteiger partial charge in [0, 0.05) is 23.1 Å². The third kappa shape index (κ3) is 5.03. The van der Waals surface area contributed by atoms with Crippen LogP contribution in [0.1, 0.15) is 28.4 Å². The minimum atomic E-state index is -0.986. The van der Waals surface area contributed by atoms with E-state index in [1.165, 1.54) is 24.8 Å². The number of carbonyl (C=O) groups excluding carboxylic acids is 1. The number of methoxy groups -OCH3 is 1. The van der Waals surface area contributed by atoms with Crippen LogP contribution in [0.3, 0.4) is 0 Å². The molecule has 0 aliphatic rings. The van der Waals surface area contributed by atoms with E-state index in [-0.39, 0.29) is 18.1 Å². The largest absolute Gasteiger partial charge is 0.497 e. The molecule has 0 heterocycles. The topological polar surface area (TPSA) is 72.8 Å². The highest BCUT2D eigenvalue weighted by molar-refractivity contribution is 7.98. The average molecular weight is 346 g/mol. The summed E-state index contributed by atoms with van der Waals surface area (Å²) in [6, 6.07) is 12.5. The second-order valence-electron chi connectivity index (χ2n) is 5.04. The van der Waals surface area contributed by atoms with Crippen molar-refractivity contribution >= 4 is 23.7 Å². The van der Waals surface area contributed by atoms with Crippen LogP contribution in [0.4, 0.5) is 0 Å².